The van der Waals surface area contributed by atoms with E-state index >= 15 is 0 Å². The van der Waals surface area contributed by atoms with E-state index in [9.17, 15) is 17.6 Å². The third-order valence-corrected chi connectivity index (χ3v) is 7.41. The lowest BCUT2D eigenvalue weighted by Gasteiger charge is -2.17. The Hall–Kier alpha value is -3.37. The van der Waals surface area contributed by atoms with Crippen molar-refractivity contribution in [2.75, 3.05) is 12.3 Å². The molecule has 0 spiro atoms. The second-order valence-corrected chi connectivity index (χ2v) is 9.90. The first kappa shape index (κ1) is 21.5. The number of nitrogen functional groups attached to an aromatic ring is 1. The Balaban J connectivity index is 1.52. The number of carbonyl (C=O) groups is 1. The van der Waals surface area contributed by atoms with E-state index in [-0.39, 0.29) is 28.2 Å². The zero-order chi connectivity index (χ0) is 23.2. The van der Waals surface area contributed by atoms with Crippen molar-refractivity contribution in [1.82, 2.24) is 20.0 Å². The van der Waals surface area contributed by atoms with E-state index in [0.717, 1.165) is 18.4 Å². The first-order valence-electron chi connectivity index (χ1n) is 10.6. The molecule has 2 aliphatic rings. The van der Waals surface area contributed by atoms with Gasteiger partial charge >= 0.3 is 0 Å². The summed E-state index contributed by atoms with van der Waals surface area (Å²) in [6.07, 6.45) is 3.75. The number of nitrogens with one attached hydrogen (secondary N) is 2. The molecule has 2 aromatic carbocycles. The number of anilines is 1. The van der Waals surface area contributed by atoms with Crippen LogP contribution in [0, 0.1) is 0 Å². The molecule has 0 atom stereocenters. The molecule has 1 fully saturated rings. The smallest absolute Gasteiger partial charge is 0.251 e. The number of nitrogens with two attached hydrogens (primary N) is 1. The maximum absolute atomic E-state index is 13.8. The Morgan fingerprint density at radius 1 is 1.15 bits per heavy atom. The molecule has 8 nitrogen and oxygen atoms in total. The molecule has 0 saturated heterocycles. The summed E-state index contributed by atoms with van der Waals surface area (Å²) in [4.78, 5) is 20.8. The van der Waals surface area contributed by atoms with Gasteiger partial charge in [-0.1, -0.05) is 12.1 Å². The summed E-state index contributed by atoms with van der Waals surface area (Å²) in [7, 11) is -3.79. The summed E-state index contributed by atoms with van der Waals surface area (Å²) >= 11 is 0. The normalized spacial score (nSPS) is 15.7. The molecular formula is C23H22FN5O3S. The minimum Gasteiger partial charge on any atom is -0.382 e. The number of sulfonamides is 1. The van der Waals surface area contributed by atoms with Crippen molar-refractivity contribution in [3.63, 3.8) is 0 Å². The van der Waals surface area contributed by atoms with Crippen LogP contribution in [-0.2, 0) is 23.1 Å². The van der Waals surface area contributed by atoms with Gasteiger partial charge in [0.05, 0.1) is 16.8 Å². The van der Waals surface area contributed by atoms with Crippen molar-refractivity contribution in [2.24, 2.45) is 0 Å². The van der Waals surface area contributed by atoms with Crippen molar-refractivity contribution < 1.29 is 17.6 Å². The Labute approximate surface area is 190 Å². The molecule has 4 N–H and O–H groups in total. The summed E-state index contributed by atoms with van der Waals surface area (Å²) in [6.45, 7) is -0.371. The molecule has 1 aromatic heterocycles. The molecule has 1 aliphatic carbocycles. The Morgan fingerprint density at radius 2 is 1.94 bits per heavy atom. The van der Waals surface area contributed by atoms with Gasteiger partial charge in [0.15, 0.2) is 0 Å². The number of halogens is 1. The second-order valence-electron chi connectivity index (χ2n) is 8.22. The van der Waals surface area contributed by atoms with Crippen LogP contribution in [0.4, 0.5) is 10.2 Å². The van der Waals surface area contributed by atoms with Gasteiger partial charge in [-0.25, -0.2) is 27.5 Å². The van der Waals surface area contributed by atoms with Crippen LogP contribution >= 0.6 is 0 Å². The van der Waals surface area contributed by atoms with Gasteiger partial charge in [-0.15, -0.1) is 0 Å². The molecule has 3 aromatic rings. The van der Waals surface area contributed by atoms with Gasteiger partial charge in [-0.05, 0) is 49.1 Å². The average Bonchev–Trinajstić information content (AvgIpc) is 3.62. The Kier molecular flexibility index (Phi) is 5.34. The van der Waals surface area contributed by atoms with Gasteiger partial charge in [0.2, 0.25) is 10.0 Å². The SMILES string of the molecule is Nc1ncc(-c2ccc(S(=O)(=O)NC3CC3)c(CF)c2)nc1-c1ccc2c(c1)CCNC2=O. The van der Waals surface area contributed by atoms with Crippen LogP contribution in [0.15, 0.2) is 47.5 Å². The van der Waals surface area contributed by atoms with Gasteiger partial charge < -0.3 is 11.1 Å². The molecule has 2 heterocycles. The maximum Gasteiger partial charge on any atom is 0.251 e. The largest absolute Gasteiger partial charge is 0.382 e. The fourth-order valence-corrected chi connectivity index (χ4v) is 5.42. The predicted molar refractivity (Wildman–Crippen MR) is 122 cm³/mol. The molecular weight excluding hydrogens is 445 g/mol. The number of benzene rings is 2. The highest BCUT2D eigenvalue weighted by Gasteiger charge is 2.29. The number of aromatic nitrogens is 2. The molecule has 1 amide bonds. The highest BCUT2D eigenvalue weighted by molar-refractivity contribution is 7.89. The van der Waals surface area contributed by atoms with Crippen LogP contribution in [0.1, 0.15) is 34.3 Å². The fourth-order valence-electron chi connectivity index (χ4n) is 3.91. The zero-order valence-electron chi connectivity index (χ0n) is 17.6. The Bertz CT molecular complexity index is 1370. The number of hydrogen-bond donors (Lipinski definition) is 3. The van der Waals surface area contributed by atoms with E-state index in [2.05, 4.69) is 20.0 Å². The molecule has 0 radical (unpaired) electrons. The summed E-state index contributed by atoms with van der Waals surface area (Å²) in [6, 6.07) is 9.76. The van der Waals surface area contributed by atoms with E-state index in [1.165, 1.54) is 18.3 Å². The van der Waals surface area contributed by atoms with E-state index in [1.807, 2.05) is 6.07 Å². The van der Waals surface area contributed by atoms with Crippen LogP contribution in [0.25, 0.3) is 22.5 Å². The van der Waals surface area contributed by atoms with Crippen molar-refractivity contribution in [3.05, 3.63) is 59.3 Å². The molecule has 1 aliphatic heterocycles. The molecule has 1 saturated carbocycles. The lowest BCUT2D eigenvalue weighted by molar-refractivity contribution is 0.0946. The lowest BCUT2D eigenvalue weighted by atomic mass is 9.96. The van der Waals surface area contributed by atoms with E-state index in [0.29, 0.717) is 41.0 Å². The molecule has 170 valence electrons. The summed E-state index contributed by atoms with van der Waals surface area (Å²) < 4.78 is 41.5. The second kappa shape index (κ2) is 8.20. The van der Waals surface area contributed by atoms with Crippen LogP contribution in [0.3, 0.4) is 0 Å². The van der Waals surface area contributed by atoms with Crippen molar-refractivity contribution in [2.45, 2.75) is 36.9 Å². The monoisotopic (exact) mass is 467 g/mol. The topological polar surface area (TPSA) is 127 Å². The standard InChI is InChI=1S/C23H22FN5O3S/c24-11-16-10-14(2-6-20(16)33(31,32)29-17-3-4-17)19-12-27-22(25)21(28-19)15-1-5-18-13(9-15)7-8-26-23(18)30/h1-2,5-6,9-10,12,17,29H,3-4,7-8,11H2,(H2,25,27)(H,26,30). The first-order chi connectivity index (χ1) is 15.9. The maximum atomic E-state index is 13.8. The summed E-state index contributed by atoms with van der Waals surface area (Å²) in [5.74, 6) is 0.109. The van der Waals surface area contributed by atoms with Gasteiger partial charge in [-0.2, -0.15) is 0 Å². The number of carbonyl (C=O) groups excluding carboxylic acids is 1. The van der Waals surface area contributed by atoms with Gasteiger partial charge in [-0.3, -0.25) is 4.79 Å². The first-order valence-corrected chi connectivity index (χ1v) is 12.1. The van der Waals surface area contributed by atoms with Crippen LogP contribution in [0.5, 0.6) is 0 Å². The van der Waals surface area contributed by atoms with Crippen molar-refractivity contribution >= 4 is 21.7 Å². The van der Waals surface area contributed by atoms with Crippen LogP contribution in [-0.4, -0.2) is 36.9 Å². The highest BCUT2D eigenvalue weighted by atomic mass is 32.2. The van der Waals surface area contributed by atoms with E-state index in [4.69, 9.17) is 5.73 Å². The third-order valence-electron chi connectivity index (χ3n) is 5.79. The third kappa shape index (κ3) is 4.19. The fraction of sp³-hybridized carbons (Fsp3) is 0.261. The average molecular weight is 468 g/mol. The van der Waals surface area contributed by atoms with Crippen molar-refractivity contribution in [1.29, 1.82) is 0 Å². The number of alkyl halides is 1. The summed E-state index contributed by atoms with van der Waals surface area (Å²) in [5.41, 5.74) is 9.79. The quantitative estimate of drug-likeness (QED) is 0.511. The molecule has 33 heavy (non-hydrogen) atoms. The number of hydrogen-bond acceptors (Lipinski definition) is 6. The Morgan fingerprint density at radius 3 is 2.70 bits per heavy atom. The molecule has 5 rings (SSSR count). The number of amides is 1. The van der Waals surface area contributed by atoms with Gasteiger partial charge in [0.1, 0.15) is 18.2 Å². The van der Waals surface area contributed by atoms with Crippen molar-refractivity contribution in [3.8, 4) is 22.5 Å². The predicted octanol–water partition coefficient (Wildman–Crippen LogP) is 2.59. The van der Waals surface area contributed by atoms with Crippen LogP contribution in [0.2, 0.25) is 0 Å². The molecule has 0 bridgehead atoms. The van der Waals surface area contributed by atoms with Crippen LogP contribution < -0.4 is 15.8 Å². The summed E-state index contributed by atoms with van der Waals surface area (Å²) in [5, 5.41) is 2.81. The number of rotatable bonds is 6. The number of nitrogens with zero attached hydrogens (tertiary/aromatic N) is 2. The zero-order valence-corrected chi connectivity index (χ0v) is 18.5. The van der Waals surface area contributed by atoms with Gasteiger partial charge in [0.25, 0.3) is 5.91 Å². The molecule has 10 heteroatoms. The van der Waals surface area contributed by atoms with E-state index in [1.54, 1.807) is 18.2 Å². The molecule has 0 unspecified atom stereocenters. The minimum absolute atomic E-state index is 0.0561. The lowest BCUT2D eigenvalue weighted by Crippen LogP contribution is -2.31. The number of fused-ring (bicyclic) bond motifs is 1. The van der Waals surface area contributed by atoms with E-state index < -0.39 is 16.7 Å². The minimum atomic E-state index is -3.79. The van der Waals surface area contributed by atoms with Gasteiger partial charge in [0, 0.05) is 34.8 Å². The highest BCUT2D eigenvalue weighted by Crippen LogP contribution is 2.31.